The monoisotopic (exact) mass is 267 g/mol. The van der Waals surface area contributed by atoms with Crippen molar-refractivity contribution >= 4 is 15.7 Å². The van der Waals surface area contributed by atoms with Gasteiger partial charge in [0.15, 0.2) is 9.84 Å². The number of hydrogen-bond acceptors (Lipinski definition) is 4. The molecule has 0 bridgehead atoms. The lowest BCUT2D eigenvalue weighted by Crippen LogP contribution is -2.35. The van der Waals surface area contributed by atoms with Gasteiger partial charge in [0.05, 0.1) is 11.8 Å². The maximum absolute atomic E-state index is 11.9. The largest absolute Gasteiger partial charge is 0.508 e. The summed E-state index contributed by atoms with van der Waals surface area (Å²) >= 11 is 0. The average Bonchev–Trinajstić information content (AvgIpc) is 2.57. The first-order chi connectivity index (χ1) is 8.37. The van der Waals surface area contributed by atoms with E-state index in [1.807, 2.05) is 0 Å². The minimum Gasteiger partial charge on any atom is -0.508 e. The zero-order valence-corrected chi connectivity index (χ0v) is 10.6. The Bertz CT molecular complexity index is 619. The third kappa shape index (κ3) is 2.70. The van der Waals surface area contributed by atoms with Gasteiger partial charge in [-0.2, -0.15) is 0 Å². The number of hydrogen-bond donors (Lipinski definition) is 2. The third-order valence-electron chi connectivity index (χ3n) is 2.70. The first-order valence-electron chi connectivity index (χ1n) is 5.39. The molecule has 0 radical (unpaired) electrons. The van der Waals surface area contributed by atoms with Gasteiger partial charge in [0.2, 0.25) is 0 Å². The lowest BCUT2D eigenvalue weighted by molar-refractivity contribution is 0.0947. The smallest absolute Gasteiger partial charge is 0.252 e. The number of carbonyl (C=O) groups is 1. The van der Waals surface area contributed by atoms with Crippen LogP contribution in [0.3, 0.4) is 0 Å². The molecule has 0 spiro atoms. The van der Waals surface area contributed by atoms with Gasteiger partial charge >= 0.3 is 0 Å². The quantitative estimate of drug-likeness (QED) is 0.828. The van der Waals surface area contributed by atoms with Crippen molar-refractivity contribution in [1.29, 1.82) is 0 Å². The molecule has 96 valence electrons. The van der Waals surface area contributed by atoms with Crippen molar-refractivity contribution in [3.8, 4) is 5.75 Å². The fourth-order valence-electron chi connectivity index (χ4n) is 1.81. The average molecular weight is 267 g/mol. The number of phenols is 1. The van der Waals surface area contributed by atoms with Crippen molar-refractivity contribution in [2.24, 2.45) is 0 Å². The van der Waals surface area contributed by atoms with Crippen LogP contribution >= 0.6 is 0 Å². The van der Waals surface area contributed by atoms with Gasteiger partial charge in [0.25, 0.3) is 5.91 Å². The molecule has 1 aliphatic heterocycles. The maximum Gasteiger partial charge on any atom is 0.252 e. The van der Waals surface area contributed by atoms with Gasteiger partial charge in [-0.1, -0.05) is 0 Å². The normalized spacial score (nSPS) is 20.8. The van der Waals surface area contributed by atoms with E-state index in [1.165, 1.54) is 24.3 Å². The summed E-state index contributed by atoms with van der Waals surface area (Å²) < 4.78 is 22.4. The Hall–Kier alpha value is -1.82. The molecule has 5 nitrogen and oxygen atoms in total. The minimum atomic E-state index is -3.18. The number of aryl methyl sites for hydroxylation is 1. The Balaban J connectivity index is 2.12. The Kier molecular flexibility index (Phi) is 3.13. The molecule has 0 saturated heterocycles. The summed E-state index contributed by atoms with van der Waals surface area (Å²) in [7, 11) is -3.18. The van der Waals surface area contributed by atoms with E-state index in [4.69, 9.17) is 0 Å². The third-order valence-corrected chi connectivity index (χ3v) is 4.10. The number of rotatable bonds is 2. The molecule has 18 heavy (non-hydrogen) atoms. The first-order valence-corrected chi connectivity index (χ1v) is 7.10. The lowest BCUT2D eigenvalue weighted by Gasteiger charge is -2.11. The number of amides is 1. The molecular weight excluding hydrogens is 254 g/mol. The number of aromatic hydroxyl groups is 1. The van der Waals surface area contributed by atoms with Crippen molar-refractivity contribution < 1.29 is 18.3 Å². The number of benzene rings is 1. The van der Waals surface area contributed by atoms with Crippen LogP contribution in [0.15, 0.2) is 29.7 Å². The predicted molar refractivity (Wildman–Crippen MR) is 67.0 cm³/mol. The lowest BCUT2D eigenvalue weighted by atomic mass is 10.1. The molecule has 2 rings (SSSR count). The molecule has 1 atom stereocenters. The summed E-state index contributed by atoms with van der Waals surface area (Å²) in [5.41, 5.74) is 1.06. The number of phenolic OH excluding ortho intramolecular Hbond substituents is 1. The van der Waals surface area contributed by atoms with Gasteiger partial charge in [0.1, 0.15) is 5.75 Å². The molecule has 0 saturated carbocycles. The highest BCUT2D eigenvalue weighted by Gasteiger charge is 2.23. The van der Waals surface area contributed by atoms with Crippen molar-refractivity contribution in [2.75, 3.05) is 5.75 Å². The highest BCUT2D eigenvalue weighted by molar-refractivity contribution is 7.94. The van der Waals surface area contributed by atoms with Crippen LogP contribution in [0, 0.1) is 6.92 Å². The Morgan fingerprint density at radius 2 is 2.17 bits per heavy atom. The molecule has 0 aromatic heterocycles. The second-order valence-corrected chi connectivity index (χ2v) is 6.17. The van der Waals surface area contributed by atoms with E-state index in [1.54, 1.807) is 6.92 Å². The summed E-state index contributed by atoms with van der Waals surface area (Å²) in [5, 5.41) is 13.0. The fourth-order valence-corrected chi connectivity index (χ4v) is 3.05. The molecule has 1 unspecified atom stereocenters. The minimum absolute atomic E-state index is 0.0902. The number of carbonyl (C=O) groups excluding carboxylic acids is 1. The van der Waals surface area contributed by atoms with Gasteiger partial charge in [-0.15, -0.1) is 0 Å². The summed E-state index contributed by atoms with van der Waals surface area (Å²) in [4.78, 5) is 11.9. The second-order valence-electron chi connectivity index (χ2n) is 4.24. The number of nitrogens with one attached hydrogen (secondary N) is 1. The van der Waals surface area contributed by atoms with Crippen LogP contribution in [0.2, 0.25) is 0 Å². The molecule has 0 fully saturated rings. The van der Waals surface area contributed by atoms with Crippen LogP contribution in [0.5, 0.6) is 5.75 Å². The predicted octanol–water partition coefficient (Wildman–Crippen LogP) is 0.741. The molecule has 1 amide bonds. The molecule has 0 aliphatic carbocycles. The van der Waals surface area contributed by atoms with E-state index in [2.05, 4.69) is 5.32 Å². The van der Waals surface area contributed by atoms with Gasteiger partial charge in [0, 0.05) is 11.0 Å². The highest BCUT2D eigenvalue weighted by Crippen LogP contribution is 2.16. The Morgan fingerprint density at radius 3 is 2.72 bits per heavy atom. The fraction of sp³-hybridized carbons (Fsp3) is 0.250. The van der Waals surface area contributed by atoms with Crippen molar-refractivity contribution in [2.45, 2.75) is 13.0 Å². The molecule has 1 aliphatic rings. The molecular formula is C12H13NO4S. The van der Waals surface area contributed by atoms with Crippen molar-refractivity contribution in [3.05, 3.63) is 40.8 Å². The van der Waals surface area contributed by atoms with Crippen LogP contribution in [0.4, 0.5) is 0 Å². The van der Waals surface area contributed by atoms with Crippen molar-refractivity contribution in [1.82, 2.24) is 5.32 Å². The second kappa shape index (κ2) is 4.45. The van der Waals surface area contributed by atoms with E-state index in [0.717, 1.165) is 5.41 Å². The van der Waals surface area contributed by atoms with Crippen LogP contribution in [-0.4, -0.2) is 31.2 Å². The topological polar surface area (TPSA) is 83.5 Å². The highest BCUT2D eigenvalue weighted by atomic mass is 32.2. The summed E-state index contributed by atoms with van der Waals surface area (Å²) in [6.07, 6.45) is 1.46. The van der Waals surface area contributed by atoms with Crippen molar-refractivity contribution in [3.63, 3.8) is 0 Å². The van der Waals surface area contributed by atoms with Crippen LogP contribution in [0.1, 0.15) is 15.9 Å². The molecule has 6 heteroatoms. The van der Waals surface area contributed by atoms with Crippen LogP contribution < -0.4 is 5.32 Å². The van der Waals surface area contributed by atoms with Gasteiger partial charge in [-0.05, 0) is 36.8 Å². The molecule has 2 N–H and O–H groups in total. The summed E-state index contributed by atoms with van der Waals surface area (Å²) in [6, 6.07) is 3.92. The maximum atomic E-state index is 11.9. The zero-order valence-electron chi connectivity index (χ0n) is 9.75. The van der Waals surface area contributed by atoms with E-state index >= 15 is 0 Å². The first kappa shape index (κ1) is 12.6. The number of sulfone groups is 1. The summed E-state index contributed by atoms with van der Waals surface area (Å²) in [6.45, 7) is 1.70. The standard InChI is InChI=1S/C12H13NO4S/c1-8-6-10(14)2-3-11(8)12(15)13-9-4-5-18(16,17)7-9/h2-6,9,14H,7H2,1H3,(H,13,15). The van der Waals surface area contributed by atoms with E-state index in [-0.39, 0.29) is 17.4 Å². The Labute approximate surface area is 105 Å². The van der Waals surface area contributed by atoms with E-state index < -0.39 is 15.9 Å². The van der Waals surface area contributed by atoms with Crippen LogP contribution in [-0.2, 0) is 9.84 Å². The molecule has 1 aromatic carbocycles. The Morgan fingerprint density at radius 1 is 1.44 bits per heavy atom. The summed E-state index contributed by atoms with van der Waals surface area (Å²) in [5.74, 6) is -0.359. The van der Waals surface area contributed by atoms with E-state index in [0.29, 0.717) is 11.1 Å². The zero-order chi connectivity index (χ0) is 13.3. The van der Waals surface area contributed by atoms with Gasteiger partial charge in [-0.25, -0.2) is 8.42 Å². The SMILES string of the molecule is Cc1cc(O)ccc1C(=O)NC1C=CS(=O)(=O)C1. The van der Waals surface area contributed by atoms with Crippen LogP contribution in [0.25, 0.3) is 0 Å². The molecule has 1 aromatic rings. The van der Waals surface area contributed by atoms with Gasteiger partial charge in [-0.3, -0.25) is 4.79 Å². The van der Waals surface area contributed by atoms with E-state index in [9.17, 15) is 18.3 Å². The molecule has 1 heterocycles. The van der Waals surface area contributed by atoms with Gasteiger partial charge < -0.3 is 10.4 Å².